The molecule has 1 aliphatic carbocycles. The Balaban J connectivity index is 2.16. The van der Waals surface area contributed by atoms with Crippen molar-refractivity contribution < 1.29 is 0 Å². The summed E-state index contributed by atoms with van der Waals surface area (Å²) in [6, 6.07) is 8.84. The Morgan fingerprint density at radius 2 is 1.93 bits per heavy atom. The highest BCUT2D eigenvalue weighted by molar-refractivity contribution is 7.98. The highest BCUT2D eigenvalue weighted by atomic mass is 32.2. The van der Waals surface area contributed by atoms with E-state index >= 15 is 0 Å². The number of rotatable bonds is 4. The predicted octanol–water partition coefficient (Wildman–Crippen LogP) is 2.54. The van der Waals surface area contributed by atoms with E-state index in [2.05, 4.69) is 30.5 Å². The van der Waals surface area contributed by atoms with Crippen LogP contribution in [0.4, 0.5) is 0 Å². The minimum Gasteiger partial charge on any atom is -0.326 e. The maximum atomic E-state index is 5.58. The van der Waals surface area contributed by atoms with Crippen LogP contribution in [0.1, 0.15) is 24.0 Å². The third-order valence-corrected chi connectivity index (χ3v) is 3.92. The first-order chi connectivity index (χ1) is 6.80. The number of hydrogen-bond acceptors (Lipinski definition) is 2. The lowest BCUT2D eigenvalue weighted by molar-refractivity contribution is 0.802. The van der Waals surface area contributed by atoms with E-state index in [1.165, 1.54) is 29.7 Å². The largest absolute Gasteiger partial charge is 0.326 e. The molecule has 1 nitrogen and oxygen atoms in total. The zero-order valence-corrected chi connectivity index (χ0v) is 9.44. The Bertz CT molecular complexity index is 301. The van der Waals surface area contributed by atoms with Gasteiger partial charge in [0.15, 0.2) is 0 Å². The normalized spacial score (nSPS) is 18.1. The molecule has 1 saturated carbocycles. The van der Waals surface area contributed by atoms with Crippen molar-refractivity contribution in [1.29, 1.82) is 0 Å². The Labute approximate surface area is 90.1 Å². The van der Waals surface area contributed by atoms with Crippen molar-refractivity contribution in [3.8, 4) is 0 Å². The molecular weight excluding hydrogens is 190 g/mol. The topological polar surface area (TPSA) is 26.0 Å². The van der Waals surface area contributed by atoms with Crippen LogP contribution >= 0.6 is 11.8 Å². The lowest BCUT2D eigenvalue weighted by atomic mass is 9.97. The highest BCUT2D eigenvalue weighted by Crippen LogP contribution is 2.49. The molecule has 0 aliphatic heterocycles. The van der Waals surface area contributed by atoms with E-state index in [0.717, 1.165) is 0 Å². The van der Waals surface area contributed by atoms with Gasteiger partial charge in [0, 0.05) is 17.7 Å². The first-order valence-electron chi connectivity index (χ1n) is 5.09. The van der Waals surface area contributed by atoms with E-state index < -0.39 is 0 Å². The van der Waals surface area contributed by atoms with E-state index in [1.807, 2.05) is 11.8 Å². The van der Waals surface area contributed by atoms with Gasteiger partial charge in [-0.2, -0.15) is 11.8 Å². The second-order valence-electron chi connectivity index (χ2n) is 4.11. The molecule has 2 heteroatoms. The van der Waals surface area contributed by atoms with Gasteiger partial charge in [-0.05, 0) is 30.2 Å². The molecule has 0 heterocycles. The quantitative estimate of drug-likeness (QED) is 0.821. The molecule has 1 aromatic rings. The lowest BCUT2D eigenvalue weighted by Gasteiger charge is -2.14. The minimum atomic E-state index is 0.506. The van der Waals surface area contributed by atoms with E-state index in [1.54, 1.807) is 0 Å². The van der Waals surface area contributed by atoms with Crippen molar-refractivity contribution in [2.75, 3.05) is 12.0 Å². The third kappa shape index (κ3) is 1.82. The van der Waals surface area contributed by atoms with Gasteiger partial charge in [0.05, 0.1) is 0 Å². The SMILES string of the molecule is CSCC1(c2ccc(CN)cc2)CC1. The van der Waals surface area contributed by atoms with Crippen molar-refractivity contribution in [1.82, 2.24) is 0 Å². The van der Waals surface area contributed by atoms with Gasteiger partial charge in [0.25, 0.3) is 0 Å². The lowest BCUT2D eigenvalue weighted by Crippen LogP contribution is -2.09. The van der Waals surface area contributed by atoms with Gasteiger partial charge >= 0.3 is 0 Å². The molecule has 0 aromatic heterocycles. The molecule has 76 valence electrons. The monoisotopic (exact) mass is 207 g/mol. The summed E-state index contributed by atoms with van der Waals surface area (Å²) in [5.41, 5.74) is 8.82. The van der Waals surface area contributed by atoms with Crippen molar-refractivity contribution in [3.63, 3.8) is 0 Å². The smallest absolute Gasteiger partial charge is 0.0178 e. The first-order valence-corrected chi connectivity index (χ1v) is 6.48. The average molecular weight is 207 g/mol. The van der Waals surface area contributed by atoms with Crippen LogP contribution in [-0.4, -0.2) is 12.0 Å². The number of hydrogen-bond donors (Lipinski definition) is 1. The Morgan fingerprint density at radius 3 is 2.36 bits per heavy atom. The maximum absolute atomic E-state index is 5.58. The summed E-state index contributed by atoms with van der Waals surface area (Å²) >= 11 is 1.95. The van der Waals surface area contributed by atoms with E-state index in [-0.39, 0.29) is 0 Å². The molecule has 2 N–H and O–H groups in total. The van der Waals surface area contributed by atoms with Crippen LogP contribution in [0, 0.1) is 0 Å². The number of thioether (sulfide) groups is 1. The van der Waals surface area contributed by atoms with Crippen LogP contribution in [0.5, 0.6) is 0 Å². The molecule has 14 heavy (non-hydrogen) atoms. The van der Waals surface area contributed by atoms with Crippen molar-refractivity contribution in [3.05, 3.63) is 35.4 Å². The summed E-state index contributed by atoms with van der Waals surface area (Å²) < 4.78 is 0. The Kier molecular flexibility index (Phi) is 2.84. The van der Waals surface area contributed by atoms with Gasteiger partial charge in [-0.3, -0.25) is 0 Å². The van der Waals surface area contributed by atoms with Crippen LogP contribution in [0.3, 0.4) is 0 Å². The summed E-state index contributed by atoms with van der Waals surface area (Å²) in [7, 11) is 0. The molecule has 1 aliphatic rings. The van der Waals surface area contributed by atoms with E-state index in [9.17, 15) is 0 Å². The second-order valence-corrected chi connectivity index (χ2v) is 4.98. The summed E-state index contributed by atoms with van der Waals surface area (Å²) in [6.07, 6.45) is 4.90. The standard InChI is InChI=1S/C12H17NS/c1-14-9-12(6-7-12)11-4-2-10(8-13)3-5-11/h2-5H,6-9,13H2,1H3. The second kappa shape index (κ2) is 3.95. The Morgan fingerprint density at radius 1 is 1.29 bits per heavy atom. The van der Waals surface area contributed by atoms with E-state index in [0.29, 0.717) is 12.0 Å². The molecule has 0 amide bonds. The van der Waals surface area contributed by atoms with Crippen molar-refractivity contribution in [2.24, 2.45) is 5.73 Å². The molecule has 0 radical (unpaired) electrons. The molecule has 0 bridgehead atoms. The van der Waals surface area contributed by atoms with Crippen LogP contribution < -0.4 is 5.73 Å². The summed E-state index contributed by atoms with van der Waals surface area (Å²) in [4.78, 5) is 0. The fourth-order valence-electron chi connectivity index (χ4n) is 1.94. The number of benzene rings is 1. The maximum Gasteiger partial charge on any atom is 0.0178 e. The average Bonchev–Trinajstić information content (AvgIpc) is 3.00. The van der Waals surface area contributed by atoms with Crippen molar-refractivity contribution in [2.45, 2.75) is 24.8 Å². The summed E-state index contributed by atoms with van der Waals surface area (Å²) in [6.45, 7) is 0.649. The van der Waals surface area contributed by atoms with Crippen LogP contribution in [0.25, 0.3) is 0 Å². The van der Waals surface area contributed by atoms with Gasteiger partial charge in [-0.15, -0.1) is 0 Å². The van der Waals surface area contributed by atoms with Gasteiger partial charge in [-0.1, -0.05) is 24.3 Å². The number of nitrogens with two attached hydrogens (primary N) is 1. The molecule has 0 unspecified atom stereocenters. The molecule has 0 spiro atoms. The third-order valence-electron chi connectivity index (χ3n) is 3.08. The molecule has 0 saturated heterocycles. The van der Waals surface area contributed by atoms with Crippen LogP contribution in [0.2, 0.25) is 0 Å². The Hall–Kier alpha value is -0.470. The first kappa shape index (κ1) is 10.1. The van der Waals surface area contributed by atoms with Gasteiger partial charge < -0.3 is 5.73 Å². The summed E-state index contributed by atoms with van der Waals surface area (Å²) in [5.74, 6) is 1.26. The molecular formula is C12H17NS. The van der Waals surface area contributed by atoms with E-state index in [4.69, 9.17) is 5.73 Å². The summed E-state index contributed by atoms with van der Waals surface area (Å²) in [5, 5.41) is 0. The highest BCUT2D eigenvalue weighted by Gasteiger charge is 2.43. The van der Waals surface area contributed by atoms with Gasteiger partial charge in [0.2, 0.25) is 0 Å². The zero-order valence-electron chi connectivity index (χ0n) is 8.62. The molecule has 0 atom stereocenters. The molecule has 1 aromatic carbocycles. The zero-order chi connectivity index (χ0) is 10.0. The van der Waals surface area contributed by atoms with Crippen LogP contribution in [-0.2, 0) is 12.0 Å². The van der Waals surface area contributed by atoms with Crippen molar-refractivity contribution >= 4 is 11.8 Å². The molecule has 1 fully saturated rings. The van der Waals surface area contributed by atoms with Crippen LogP contribution in [0.15, 0.2) is 24.3 Å². The van der Waals surface area contributed by atoms with Gasteiger partial charge in [-0.25, -0.2) is 0 Å². The minimum absolute atomic E-state index is 0.506. The molecule has 2 rings (SSSR count). The fraction of sp³-hybridized carbons (Fsp3) is 0.500. The predicted molar refractivity (Wildman–Crippen MR) is 63.6 cm³/mol. The fourth-order valence-corrected chi connectivity index (χ4v) is 2.95. The van der Waals surface area contributed by atoms with Gasteiger partial charge in [0.1, 0.15) is 0 Å².